The first-order valence-electron chi connectivity index (χ1n) is 9.25. The molecule has 0 radical (unpaired) electrons. The third-order valence-corrected chi connectivity index (χ3v) is 6.14. The number of hydrogen-bond donors (Lipinski definition) is 0. The predicted molar refractivity (Wildman–Crippen MR) is 101 cm³/mol. The SMILES string of the molecule is CC(=O)OC1c2ccccc2CCC1CCCC(=O)N1CCSCC1. The molecule has 0 N–H and O–H groups in total. The molecule has 2 unspecified atom stereocenters. The van der Waals surface area contributed by atoms with E-state index in [2.05, 4.69) is 12.1 Å². The van der Waals surface area contributed by atoms with Gasteiger partial charge < -0.3 is 9.64 Å². The molecule has 0 bridgehead atoms. The lowest BCUT2D eigenvalue weighted by Gasteiger charge is -2.33. The van der Waals surface area contributed by atoms with Gasteiger partial charge in [-0.05, 0) is 36.8 Å². The lowest BCUT2D eigenvalue weighted by molar-refractivity contribution is -0.150. The molecule has 0 saturated carbocycles. The van der Waals surface area contributed by atoms with Gasteiger partial charge in [0.15, 0.2) is 0 Å². The van der Waals surface area contributed by atoms with Crippen LogP contribution in [0.1, 0.15) is 49.8 Å². The number of nitrogens with zero attached hydrogens (tertiary/aromatic N) is 1. The number of fused-ring (bicyclic) bond motifs is 1. The topological polar surface area (TPSA) is 46.6 Å². The van der Waals surface area contributed by atoms with Crippen molar-refractivity contribution in [2.45, 2.75) is 45.1 Å². The molecule has 1 aliphatic carbocycles. The van der Waals surface area contributed by atoms with Gasteiger partial charge in [0.1, 0.15) is 6.10 Å². The fourth-order valence-corrected chi connectivity index (χ4v) is 4.81. The summed E-state index contributed by atoms with van der Waals surface area (Å²) < 4.78 is 5.67. The average molecular weight is 362 g/mol. The third-order valence-electron chi connectivity index (χ3n) is 5.20. The van der Waals surface area contributed by atoms with Crippen LogP contribution in [0.15, 0.2) is 24.3 Å². The lowest BCUT2D eigenvalue weighted by Crippen LogP contribution is -2.37. The molecular formula is C20H27NO3S. The Balaban J connectivity index is 1.57. The maximum atomic E-state index is 12.3. The van der Waals surface area contributed by atoms with Crippen molar-refractivity contribution in [3.63, 3.8) is 0 Å². The van der Waals surface area contributed by atoms with Gasteiger partial charge in [-0.2, -0.15) is 11.8 Å². The number of hydrogen-bond acceptors (Lipinski definition) is 4. The highest BCUT2D eigenvalue weighted by Gasteiger charge is 2.31. The minimum atomic E-state index is -0.228. The first kappa shape index (κ1) is 18.3. The van der Waals surface area contributed by atoms with E-state index in [4.69, 9.17) is 4.74 Å². The van der Waals surface area contributed by atoms with Crippen LogP contribution in [-0.2, 0) is 20.7 Å². The first-order chi connectivity index (χ1) is 12.1. The quantitative estimate of drug-likeness (QED) is 0.752. The molecule has 3 rings (SSSR count). The van der Waals surface area contributed by atoms with Gasteiger partial charge in [-0.25, -0.2) is 0 Å². The molecule has 1 aliphatic heterocycles. The normalized spacial score (nSPS) is 23.0. The number of amides is 1. The van der Waals surface area contributed by atoms with Crippen LogP contribution in [0, 0.1) is 5.92 Å². The smallest absolute Gasteiger partial charge is 0.303 e. The van der Waals surface area contributed by atoms with Crippen LogP contribution in [0.2, 0.25) is 0 Å². The van der Waals surface area contributed by atoms with Crippen LogP contribution in [0.25, 0.3) is 0 Å². The van der Waals surface area contributed by atoms with E-state index in [0.717, 1.165) is 55.8 Å². The van der Waals surface area contributed by atoms with E-state index in [1.807, 2.05) is 28.8 Å². The zero-order valence-electron chi connectivity index (χ0n) is 14.9. The zero-order valence-corrected chi connectivity index (χ0v) is 15.7. The molecular weight excluding hydrogens is 334 g/mol. The standard InChI is InChI=1S/C20H27NO3S/c1-15(22)24-20-17(10-9-16-5-2-3-7-18(16)20)6-4-8-19(23)21-11-13-25-14-12-21/h2-3,5,7,17,20H,4,6,8-14H2,1H3. The largest absolute Gasteiger partial charge is 0.457 e. The summed E-state index contributed by atoms with van der Waals surface area (Å²) in [5.41, 5.74) is 2.43. The van der Waals surface area contributed by atoms with Crippen molar-refractivity contribution >= 4 is 23.6 Å². The Morgan fingerprint density at radius 2 is 2.00 bits per heavy atom. The summed E-state index contributed by atoms with van der Waals surface area (Å²) in [6.07, 6.45) is 4.28. The number of benzene rings is 1. The Labute approximate surface area is 154 Å². The summed E-state index contributed by atoms with van der Waals surface area (Å²) in [5.74, 6) is 2.47. The average Bonchev–Trinajstić information content (AvgIpc) is 2.63. The summed E-state index contributed by atoms with van der Waals surface area (Å²) in [6.45, 7) is 3.25. The molecule has 1 amide bonds. The molecule has 0 spiro atoms. The van der Waals surface area contributed by atoms with Gasteiger partial charge in [0.05, 0.1) is 0 Å². The van der Waals surface area contributed by atoms with Crippen molar-refractivity contribution in [2.75, 3.05) is 24.6 Å². The summed E-state index contributed by atoms with van der Waals surface area (Å²) in [6, 6.07) is 8.25. The predicted octanol–water partition coefficient (Wildman–Crippen LogP) is 3.60. The minimum Gasteiger partial charge on any atom is -0.457 e. The second-order valence-electron chi connectivity index (χ2n) is 6.91. The number of rotatable bonds is 5. The van der Waals surface area contributed by atoms with Gasteiger partial charge in [-0.3, -0.25) is 9.59 Å². The van der Waals surface area contributed by atoms with Crippen molar-refractivity contribution in [1.82, 2.24) is 4.90 Å². The molecule has 4 nitrogen and oxygen atoms in total. The second-order valence-corrected chi connectivity index (χ2v) is 8.14. The van der Waals surface area contributed by atoms with Gasteiger partial charge in [-0.15, -0.1) is 0 Å². The molecule has 1 fully saturated rings. The fourth-order valence-electron chi connectivity index (χ4n) is 3.91. The number of thioether (sulfide) groups is 1. The highest BCUT2D eigenvalue weighted by molar-refractivity contribution is 7.99. The summed E-state index contributed by atoms with van der Waals surface area (Å²) in [4.78, 5) is 25.9. The molecule has 5 heteroatoms. The van der Waals surface area contributed by atoms with E-state index >= 15 is 0 Å². The van der Waals surface area contributed by atoms with Crippen LogP contribution in [0.5, 0.6) is 0 Å². The van der Waals surface area contributed by atoms with Crippen molar-refractivity contribution in [1.29, 1.82) is 0 Å². The summed E-state index contributed by atoms with van der Waals surface area (Å²) in [5, 5.41) is 0. The van der Waals surface area contributed by atoms with Crippen LogP contribution in [0.4, 0.5) is 0 Å². The molecule has 1 aromatic rings. The maximum absolute atomic E-state index is 12.3. The highest BCUT2D eigenvalue weighted by atomic mass is 32.2. The molecule has 136 valence electrons. The monoisotopic (exact) mass is 361 g/mol. The molecule has 0 aromatic heterocycles. The fraction of sp³-hybridized carbons (Fsp3) is 0.600. The number of carbonyl (C=O) groups is 2. The number of carbonyl (C=O) groups excluding carboxylic acids is 2. The molecule has 1 heterocycles. The first-order valence-corrected chi connectivity index (χ1v) is 10.4. The zero-order chi connectivity index (χ0) is 17.6. The molecule has 1 aromatic carbocycles. The van der Waals surface area contributed by atoms with Crippen molar-refractivity contribution in [3.8, 4) is 0 Å². The maximum Gasteiger partial charge on any atom is 0.303 e. The van der Waals surface area contributed by atoms with E-state index in [-0.39, 0.29) is 18.0 Å². The number of ether oxygens (including phenoxy) is 1. The Bertz CT molecular complexity index is 613. The van der Waals surface area contributed by atoms with Gasteiger partial charge in [0, 0.05) is 43.9 Å². The van der Waals surface area contributed by atoms with Crippen LogP contribution in [-0.4, -0.2) is 41.4 Å². The van der Waals surface area contributed by atoms with Crippen LogP contribution in [0.3, 0.4) is 0 Å². The van der Waals surface area contributed by atoms with Crippen molar-refractivity contribution in [3.05, 3.63) is 35.4 Å². The Morgan fingerprint density at radius 3 is 2.76 bits per heavy atom. The minimum absolute atomic E-state index is 0.163. The molecule has 1 saturated heterocycles. The van der Waals surface area contributed by atoms with Gasteiger partial charge >= 0.3 is 5.97 Å². The molecule has 25 heavy (non-hydrogen) atoms. The summed E-state index contributed by atoms with van der Waals surface area (Å²) in [7, 11) is 0. The number of esters is 1. The van der Waals surface area contributed by atoms with Gasteiger partial charge in [-0.1, -0.05) is 24.3 Å². The van der Waals surface area contributed by atoms with Crippen molar-refractivity contribution < 1.29 is 14.3 Å². The number of aryl methyl sites for hydroxylation is 1. The Morgan fingerprint density at radius 1 is 1.24 bits per heavy atom. The molecule has 2 atom stereocenters. The van der Waals surface area contributed by atoms with E-state index in [1.165, 1.54) is 12.5 Å². The van der Waals surface area contributed by atoms with Gasteiger partial charge in [0.25, 0.3) is 0 Å². The third kappa shape index (κ3) is 4.78. The second kappa shape index (κ2) is 8.75. The molecule has 2 aliphatic rings. The Kier molecular flexibility index (Phi) is 6.40. The van der Waals surface area contributed by atoms with Crippen molar-refractivity contribution in [2.24, 2.45) is 5.92 Å². The van der Waals surface area contributed by atoms with E-state index in [1.54, 1.807) is 0 Å². The van der Waals surface area contributed by atoms with E-state index in [9.17, 15) is 9.59 Å². The Hall–Kier alpha value is -1.49. The van der Waals surface area contributed by atoms with E-state index in [0.29, 0.717) is 12.3 Å². The van der Waals surface area contributed by atoms with Gasteiger partial charge in [0.2, 0.25) is 5.91 Å². The summed E-state index contributed by atoms with van der Waals surface area (Å²) >= 11 is 1.92. The lowest BCUT2D eigenvalue weighted by atomic mass is 9.79. The van der Waals surface area contributed by atoms with E-state index < -0.39 is 0 Å². The van der Waals surface area contributed by atoms with Crippen LogP contribution >= 0.6 is 11.8 Å². The van der Waals surface area contributed by atoms with Crippen LogP contribution < -0.4 is 0 Å². The highest BCUT2D eigenvalue weighted by Crippen LogP contribution is 2.39.